The normalized spacial score (nSPS) is 11.5. The first-order valence-corrected chi connectivity index (χ1v) is 13.0. The Bertz CT molecular complexity index is 1300. The first-order chi connectivity index (χ1) is 17.2. The number of methoxy groups -OCH3 is 1. The molecule has 1 amide bonds. The van der Waals surface area contributed by atoms with E-state index in [1.807, 2.05) is 12.1 Å². The van der Waals surface area contributed by atoms with Gasteiger partial charge in [0, 0.05) is 5.02 Å². The third kappa shape index (κ3) is 7.22. The van der Waals surface area contributed by atoms with Crippen LogP contribution in [0.2, 0.25) is 5.02 Å². The average Bonchev–Trinajstić information content (AvgIpc) is 2.87. The highest BCUT2D eigenvalue weighted by molar-refractivity contribution is 7.92. The number of hydrazone groups is 1. The van der Waals surface area contributed by atoms with E-state index in [2.05, 4.69) is 24.4 Å². The van der Waals surface area contributed by atoms with Crippen LogP contribution in [0.25, 0.3) is 0 Å². The Balaban J connectivity index is 1.78. The Kier molecular flexibility index (Phi) is 9.32. The van der Waals surface area contributed by atoms with Crippen molar-refractivity contribution in [3.05, 3.63) is 83.4 Å². The van der Waals surface area contributed by atoms with Crippen LogP contribution in [-0.2, 0) is 14.8 Å². The smallest absolute Gasteiger partial charge is 0.264 e. The standard InChI is InChI=1S/C26H28ClN3O5S/c1-19(2)18-35-22-12-9-20(10-13-22)16-28-29-26(31)17-30(24-15-21(27)11-14-25(24)34-3)36(32,33)23-7-5-4-6-8-23/h4-16,19H,17-18H2,1-3H3,(H,29,31)/b28-16-. The number of hydrogen-bond donors (Lipinski definition) is 1. The van der Waals surface area contributed by atoms with Crippen LogP contribution in [0, 0.1) is 5.92 Å². The number of rotatable bonds is 11. The van der Waals surface area contributed by atoms with Gasteiger partial charge in [0.2, 0.25) is 0 Å². The van der Waals surface area contributed by atoms with Crippen LogP contribution in [0.5, 0.6) is 11.5 Å². The predicted molar refractivity (Wildman–Crippen MR) is 141 cm³/mol. The van der Waals surface area contributed by atoms with Crippen LogP contribution >= 0.6 is 11.6 Å². The molecule has 3 aromatic carbocycles. The lowest BCUT2D eigenvalue weighted by Crippen LogP contribution is -2.39. The van der Waals surface area contributed by atoms with Crippen molar-refractivity contribution in [1.29, 1.82) is 0 Å². The van der Waals surface area contributed by atoms with Crippen molar-refractivity contribution >= 4 is 39.4 Å². The Labute approximate surface area is 216 Å². The maximum absolute atomic E-state index is 13.5. The number of sulfonamides is 1. The molecule has 0 aliphatic heterocycles. The van der Waals surface area contributed by atoms with E-state index in [-0.39, 0.29) is 16.3 Å². The Morgan fingerprint density at radius 1 is 1.08 bits per heavy atom. The summed E-state index contributed by atoms with van der Waals surface area (Å²) in [5.74, 6) is 0.750. The number of amides is 1. The van der Waals surface area contributed by atoms with Gasteiger partial charge < -0.3 is 9.47 Å². The number of benzene rings is 3. The van der Waals surface area contributed by atoms with E-state index in [4.69, 9.17) is 21.1 Å². The van der Waals surface area contributed by atoms with Crippen molar-refractivity contribution < 1.29 is 22.7 Å². The summed E-state index contributed by atoms with van der Waals surface area (Å²) >= 11 is 6.14. The number of ether oxygens (including phenoxy) is 2. The van der Waals surface area contributed by atoms with Gasteiger partial charge in [-0.15, -0.1) is 0 Å². The van der Waals surface area contributed by atoms with Gasteiger partial charge in [0.15, 0.2) is 0 Å². The summed E-state index contributed by atoms with van der Waals surface area (Å²) < 4.78 is 38.9. The molecule has 8 nitrogen and oxygen atoms in total. The number of halogens is 1. The highest BCUT2D eigenvalue weighted by Crippen LogP contribution is 2.34. The molecule has 0 aliphatic carbocycles. The highest BCUT2D eigenvalue weighted by atomic mass is 35.5. The zero-order valence-corrected chi connectivity index (χ0v) is 21.8. The zero-order chi connectivity index (χ0) is 26.1. The molecule has 0 unspecified atom stereocenters. The van der Waals surface area contributed by atoms with Gasteiger partial charge in [-0.25, -0.2) is 13.8 Å². The first kappa shape index (κ1) is 27.0. The molecule has 1 N–H and O–H groups in total. The summed E-state index contributed by atoms with van der Waals surface area (Å²) in [6.45, 7) is 4.20. The number of nitrogens with zero attached hydrogens (tertiary/aromatic N) is 2. The fourth-order valence-electron chi connectivity index (χ4n) is 3.13. The number of carbonyl (C=O) groups is 1. The molecular formula is C26H28ClN3O5S. The van der Waals surface area contributed by atoms with Crippen LogP contribution in [0.15, 0.2) is 82.8 Å². The maximum atomic E-state index is 13.5. The molecule has 0 fully saturated rings. The second kappa shape index (κ2) is 12.4. The highest BCUT2D eigenvalue weighted by Gasteiger charge is 2.29. The van der Waals surface area contributed by atoms with Crippen molar-refractivity contribution in [3.63, 3.8) is 0 Å². The molecule has 0 bridgehead atoms. The van der Waals surface area contributed by atoms with Crippen molar-refractivity contribution in [2.75, 3.05) is 24.6 Å². The Morgan fingerprint density at radius 2 is 1.78 bits per heavy atom. The van der Waals surface area contributed by atoms with Crippen LogP contribution in [0.4, 0.5) is 5.69 Å². The second-order valence-electron chi connectivity index (χ2n) is 8.21. The Hall–Kier alpha value is -3.56. The van der Waals surface area contributed by atoms with Gasteiger partial charge in [-0.05, 0) is 66.1 Å². The molecule has 0 saturated heterocycles. The van der Waals surface area contributed by atoms with Crippen LogP contribution in [0.3, 0.4) is 0 Å². The molecule has 0 atom stereocenters. The number of anilines is 1. The summed E-state index contributed by atoms with van der Waals surface area (Å²) in [7, 11) is -2.72. The topological polar surface area (TPSA) is 97.3 Å². The van der Waals surface area contributed by atoms with Gasteiger partial charge in [0.05, 0.1) is 30.5 Å². The summed E-state index contributed by atoms with van der Waals surface area (Å²) in [4.78, 5) is 12.8. The molecule has 10 heteroatoms. The number of carbonyl (C=O) groups excluding carboxylic acids is 1. The molecule has 0 heterocycles. The van der Waals surface area contributed by atoms with Crippen molar-refractivity contribution in [1.82, 2.24) is 5.43 Å². The summed E-state index contributed by atoms with van der Waals surface area (Å²) in [5.41, 5.74) is 3.24. The van der Waals surface area contributed by atoms with Gasteiger partial charge in [-0.1, -0.05) is 43.6 Å². The lowest BCUT2D eigenvalue weighted by molar-refractivity contribution is -0.119. The average molecular weight is 530 g/mol. The largest absolute Gasteiger partial charge is 0.495 e. The van der Waals surface area contributed by atoms with Gasteiger partial charge in [-0.2, -0.15) is 5.10 Å². The maximum Gasteiger partial charge on any atom is 0.264 e. The summed E-state index contributed by atoms with van der Waals surface area (Å²) in [5, 5.41) is 4.25. The van der Waals surface area contributed by atoms with E-state index in [1.165, 1.54) is 37.6 Å². The van der Waals surface area contributed by atoms with E-state index >= 15 is 0 Å². The molecule has 3 rings (SSSR count). The minimum Gasteiger partial charge on any atom is -0.495 e. The molecular weight excluding hydrogens is 502 g/mol. The monoisotopic (exact) mass is 529 g/mol. The van der Waals surface area contributed by atoms with Crippen LogP contribution in [-0.4, -0.2) is 40.8 Å². The molecule has 0 aliphatic rings. The predicted octanol–water partition coefficient (Wildman–Crippen LogP) is 4.73. The number of hydrogen-bond acceptors (Lipinski definition) is 6. The molecule has 190 valence electrons. The minimum absolute atomic E-state index is 0.0168. The van der Waals surface area contributed by atoms with Gasteiger partial charge in [0.25, 0.3) is 15.9 Å². The molecule has 0 spiro atoms. The van der Waals surface area contributed by atoms with Crippen molar-refractivity contribution in [2.24, 2.45) is 11.0 Å². The summed E-state index contributed by atoms with van der Waals surface area (Å²) in [6.07, 6.45) is 1.46. The quantitative estimate of drug-likeness (QED) is 0.286. The first-order valence-electron chi connectivity index (χ1n) is 11.2. The van der Waals surface area contributed by atoms with Gasteiger partial charge in [-0.3, -0.25) is 9.10 Å². The van der Waals surface area contributed by atoms with E-state index < -0.39 is 22.5 Å². The van der Waals surface area contributed by atoms with E-state index in [9.17, 15) is 13.2 Å². The lowest BCUT2D eigenvalue weighted by Gasteiger charge is -2.25. The molecule has 3 aromatic rings. The Morgan fingerprint density at radius 3 is 2.42 bits per heavy atom. The third-order valence-electron chi connectivity index (χ3n) is 4.89. The fraction of sp³-hybridized carbons (Fsp3) is 0.231. The fourth-order valence-corrected chi connectivity index (χ4v) is 4.75. The molecule has 36 heavy (non-hydrogen) atoms. The van der Waals surface area contributed by atoms with E-state index in [0.717, 1.165) is 15.6 Å². The lowest BCUT2D eigenvalue weighted by atomic mass is 10.2. The van der Waals surface area contributed by atoms with Crippen LogP contribution in [0.1, 0.15) is 19.4 Å². The molecule has 0 radical (unpaired) electrons. The van der Waals surface area contributed by atoms with Crippen LogP contribution < -0.4 is 19.2 Å². The molecule has 0 saturated carbocycles. The van der Waals surface area contributed by atoms with Crippen molar-refractivity contribution in [2.45, 2.75) is 18.7 Å². The van der Waals surface area contributed by atoms with Crippen molar-refractivity contribution in [3.8, 4) is 11.5 Å². The van der Waals surface area contributed by atoms with Gasteiger partial charge >= 0.3 is 0 Å². The van der Waals surface area contributed by atoms with E-state index in [1.54, 1.807) is 36.4 Å². The van der Waals surface area contributed by atoms with Gasteiger partial charge in [0.1, 0.15) is 18.0 Å². The zero-order valence-electron chi connectivity index (χ0n) is 20.2. The SMILES string of the molecule is COc1ccc(Cl)cc1N(CC(=O)N/N=C\c1ccc(OCC(C)C)cc1)S(=O)(=O)c1ccccc1. The second-order valence-corrected chi connectivity index (χ2v) is 10.5. The minimum atomic E-state index is -4.12. The third-order valence-corrected chi connectivity index (χ3v) is 6.90. The van der Waals surface area contributed by atoms with E-state index in [0.29, 0.717) is 17.5 Å². The summed E-state index contributed by atoms with van der Waals surface area (Å²) in [6, 6.07) is 19.6. The molecule has 0 aromatic heterocycles. The number of nitrogens with one attached hydrogen (secondary N) is 1.